The van der Waals surface area contributed by atoms with E-state index >= 15 is 0 Å². The number of hydrogen-bond donors (Lipinski definition) is 6. The highest BCUT2D eigenvalue weighted by atomic mass is 16.7. The van der Waals surface area contributed by atoms with Gasteiger partial charge >= 0.3 is 0 Å². The van der Waals surface area contributed by atoms with E-state index in [-0.39, 0.29) is 12.5 Å². The molecule has 0 aliphatic carbocycles. The minimum Gasteiger partial charge on any atom is -0.394 e. The number of allylic oxidation sites excluding steroid dienone is 9. The monoisotopic (exact) mass is 776 g/mol. The molecule has 1 heterocycles. The van der Waals surface area contributed by atoms with Crippen LogP contribution in [0.1, 0.15) is 168 Å². The molecular weight excluding hydrogens is 695 g/mol. The molecule has 0 radical (unpaired) electrons. The number of hydrogen-bond acceptors (Lipinski definition) is 8. The van der Waals surface area contributed by atoms with Crippen LogP contribution in [-0.4, -0.2) is 87.5 Å². The quantitative estimate of drug-likeness (QED) is 0.0277. The van der Waals surface area contributed by atoms with Gasteiger partial charge in [0.15, 0.2) is 6.29 Å². The second-order valence-electron chi connectivity index (χ2n) is 15.1. The topological polar surface area (TPSA) is 149 Å². The standard InChI is InChI=1S/C46H81NO8/c1-3-5-7-9-11-12-13-14-15-16-17-18-19-20-21-22-23-24-25-26-27-28-30-32-34-36-42(50)47-39(40(49)35-33-31-29-10-8-6-4-2)38-54-46-45(53)44(52)43(51)41(37-48)55-46/h8,10,13-14,16-17,19-20,33,35,39-41,43-46,48-49,51-53H,3-7,9,11-12,15,18,21-32,34,36-38H2,1-2H3,(H,47,50)/b10-8+,14-13-,17-16-,20-19-,35-33+. The summed E-state index contributed by atoms with van der Waals surface area (Å²) in [6.07, 6.45) is 40.2. The van der Waals surface area contributed by atoms with Crippen LogP contribution in [0.2, 0.25) is 0 Å². The molecule has 7 atom stereocenters. The largest absolute Gasteiger partial charge is 0.394 e. The Kier molecular flexibility index (Phi) is 33.5. The predicted octanol–water partition coefficient (Wildman–Crippen LogP) is 8.83. The molecule has 9 heteroatoms. The highest BCUT2D eigenvalue weighted by Crippen LogP contribution is 2.22. The van der Waals surface area contributed by atoms with Gasteiger partial charge in [0.1, 0.15) is 24.4 Å². The second kappa shape index (κ2) is 36.2. The maximum Gasteiger partial charge on any atom is 0.220 e. The number of rotatable bonds is 35. The first-order valence-electron chi connectivity index (χ1n) is 22.0. The van der Waals surface area contributed by atoms with Crippen molar-refractivity contribution in [3.8, 4) is 0 Å². The molecule has 1 aliphatic rings. The zero-order chi connectivity index (χ0) is 40.2. The Labute approximate surface area is 335 Å². The van der Waals surface area contributed by atoms with Crippen LogP contribution < -0.4 is 5.32 Å². The van der Waals surface area contributed by atoms with Crippen molar-refractivity contribution in [2.75, 3.05) is 13.2 Å². The van der Waals surface area contributed by atoms with Crippen LogP contribution in [-0.2, 0) is 14.3 Å². The third kappa shape index (κ3) is 27.2. The molecule has 1 amide bonds. The molecule has 0 aromatic rings. The highest BCUT2D eigenvalue weighted by molar-refractivity contribution is 5.76. The number of amides is 1. The van der Waals surface area contributed by atoms with Crippen LogP contribution in [0.5, 0.6) is 0 Å². The minimum atomic E-state index is -1.57. The van der Waals surface area contributed by atoms with Gasteiger partial charge in [0.25, 0.3) is 0 Å². The number of carbonyl (C=O) groups excluding carboxylic acids is 1. The summed E-state index contributed by atoms with van der Waals surface area (Å²) in [6, 6.07) is -0.822. The lowest BCUT2D eigenvalue weighted by atomic mass is 9.99. The molecule has 0 spiro atoms. The fourth-order valence-corrected chi connectivity index (χ4v) is 6.48. The Morgan fingerprint density at radius 1 is 0.618 bits per heavy atom. The minimum absolute atomic E-state index is 0.199. The van der Waals surface area contributed by atoms with Crippen LogP contribution in [0.15, 0.2) is 60.8 Å². The molecule has 318 valence electrons. The number of nitrogens with one attached hydrogen (secondary N) is 1. The molecule has 1 aliphatic heterocycles. The summed E-state index contributed by atoms with van der Waals surface area (Å²) in [6.45, 7) is 3.61. The molecule has 1 saturated heterocycles. The van der Waals surface area contributed by atoms with Crippen molar-refractivity contribution in [1.82, 2.24) is 5.32 Å². The van der Waals surface area contributed by atoms with Crippen molar-refractivity contribution in [2.24, 2.45) is 0 Å². The van der Waals surface area contributed by atoms with E-state index < -0.39 is 49.5 Å². The Hall–Kier alpha value is -2.11. The fraction of sp³-hybridized carbons (Fsp3) is 0.761. The lowest BCUT2D eigenvalue weighted by molar-refractivity contribution is -0.302. The van der Waals surface area contributed by atoms with Crippen LogP contribution in [0.3, 0.4) is 0 Å². The number of unbranched alkanes of at least 4 members (excludes halogenated alkanes) is 17. The van der Waals surface area contributed by atoms with Crippen LogP contribution in [0.25, 0.3) is 0 Å². The normalized spacial score (nSPS) is 21.9. The van der Waals surface area contributed by atoms with Crippen molar-refractivity contribution >= 4 is 5.91 Å². The molecule has 0 saturated carbocycles. The molecular formula is C46H81NO8. The van der Waals surface area contributed by atoms with E-state index in [1.165, 1.54) is 83.5 Å². The van der Waals surface area contributed by atoms with Gasteiger partial charge in [0, 0.05) is 6.42 Å². The summed E-state index contributed by atoms with van der Waals surface area (Å²) >= 11 is 0. The Bertz CT molecular complexity index is 1040. The molecule has 0 aromatic carbocycles. The molecule has 7 unspecified atom stereocenters. The Morgan fingerprint density at radius 3 is 1.71 bits per heavy atom. The van der Waals surface area contributed by atoms with Gasteiger partial charge in [-0.05, 0) is 64.2 Å². The molecule has 0 aromatic heterocycles. The van der Waals surface area contributed by atoms with Crippen molar-refractivity contribution in [3.63, 3.8) is 0 Å². The van der Waals surface area contributed by atoms with Gasteiger partial charge < -0.3 is 40.3 Å². The Balaban J connectivity index is 2.22. The second-order valence-corrected chi connectivity index (χ2v) is 15.1. The first-order valence-corrected chi connectivity index (χ1v) is 22.0. The van der Waals surface area contributed by atoms with E-state index in [2.05, 4.69) is 67.8 Å². The number of aliphatic hydroxyl groups excluding tert-OH is 5. The SMILES string of the molecule is CCC/C=C/CC/C=C/C(O)C(COC1OC(CO)C(O)C(O)C1O)NC(=O)CCCCCCCCCCCC/C=C\C/C=C\C/C=C\CCCCCCC. The van der Waals surface area contributed by atoms with Crippen LogP contribution in [0.4, 0.5) is 0 Å². The van der Waals surface area contributed by atoms with E-state index in [0.29, 0.717) is 6.42 Å². The molecule has 55 heavy (non-hydrogen) atoms. The highest BCUT2D eigenvalue weighted by Gasteiger charge is 2.44. The van der Waals surface area contributed by atoms with Gasteiger partial charge in [0.05, 0.1) is 25.4 Å². The number of aliphatic hydroxyl groups is 5. The van der Waals surface area contributed by atoms with Crippen molar-refractivity contribution < 1.29 is 39.8 Å². The summed E-state index contributed by atoms with van der Waals surface area (Å²) in [4.78, 5) is 12.9. The lowest BCUT2D eigenvalue weighted by Gasteiger charge is -2.40. The molecule has 6 N–H and O–H groups in total. The van der Waals surface area contributed by atoms with Crippen molar-refractivity contribution in [2.45, 2.75) is 211 Å². The van der Waals surface area contributed by atoms with Gasteiger partial charge in [-0.1, -0.05) is 158 Å². The molecule has 9 nitrogen and oxygen atoms in total. The fourth-order valence-electron chi connectivity index (χ4n) is 6.48. The molecule has 1 rings (SSSR count). The van der Waals surface area contributed by atoms with Crippen LogP contribution >= 0.6 is 0 Å². The zero-order valence-electron chi connectivity index (χ0n) is 34.7. The average Bonchev–Trinajstić information content (AvgIpc) is 3.18. The number of carbonyl (C=O) groups is 1. The van der Waals surface area contributed by atoms with Gasteiger partial charge in [-0.25, -0.2) is 0 Å². The summed E-state index contributed by atoms with van der Waals surface area (Å²) < 4.78 is 11.1. The van der Waals surface area contributed by atoms with Gasteiger partial charge in [0.2, 0.25) is 5.91 Å². The summed E-state index contributed by atoms with van der Waals surface area (Å²) in [5, 5.41) is 53.8. The maximum absolute atomic E-state index is 12.9. The lowest BCUT2D eigenvalue weighted by Crippen LogP contribution is -2.60. The average molecular weight is 776 g/mol. The number of ether oxygens (including phenoxy) is 2. The van der Waals surface area contributed by atoms with Gasteiger partial charge in [-0.3, -0.25) is 4.79 Å². The van der Waals surface area contributed by atoms with E-state index in [1.807, 2.05) is 6.08 Å². The van der Waals surface area contributed by atoms with Crippen LogP contribution in [0, 0.1) is 0 Å². The summed E-state index contributed by atoms with van der Waals surface area (Å²) in [7, 11) is 0. The molecule has 0 bridgehead atoms. The third-order valence-electron chi connectivity index (χ3n) is 10.0. The van der Waals surface area contributed by atoms with Gasteiger partial charge in [-0.15, -0.1) is 0 Å². The first-order chi connectivity index (χ1) is 26.8. The van der Waals surface area contributed by atoms with Gasteiger partial charge in [-0.2, -0.15) is 0 Å². The van der Waals surface area contributed by atoms with E-state index in [1.54, 1.807) is 6.08 Å². The van der Waals surface area contributed by atoms with Crippen molar-refractivity contribution in [1.29, 1.82) is 0 Å². The summed E-state index contributed by atoms with van der Waals surface area (Å²) in [5.74, 6) is -0.199. The molecule has 1 fully saturated rings. The predicted molar refractivity (Wildman–Crippen MR) is 226 cm³/mol. The maximum atomic E-state index is 12.9. The van der Waals surface area contributed by atoms with E-state index in [9.17, 15) is 30.3 Å². The van der Waals surface area contributed by atoms with E-state index in [4.69, 9.17) is 9.47 Å². The van der Waals surface area contributed by atoms with Crippen molar-refractivity contribution in [3.05, 3.63) is 60.8 Å². The van der Waals surface area contributed by atoms with E-state index in [0.717, 1.165) is 64.2 Å². The smallest absolute Gasteiger partial charge is 0.220 e. The Morgan fingerprint density at radius 2 is 1.13 bits per heavy atom. The third-order valence-corrected chi connectivity index (χ3v) is 10.0. The first kappa shape index (κ1) is 50.9. The zero-order valence-corrected chi connectivity index (χ0v) is 34.7. The summed E-state index contributed by atoms with van der Waals surface area (Å²) in [5.41, 5.74) is 0.